The molecule has 0 aliphatic carbocycles. The monoisotopic (exact) mass is 231 g/mol. The van der Waals surface area contributed by atoms with Crippen molar-refractivity contribution < 1.29 is 13.9 Å². The number of esters is 1. The minimum Gasteiger partial charge on any atom is -0.468 e. The lowest BCUT2D eigenvalue weighted by Crippen LogP contribution is -1.97. The predicted molar refractivity (Wildman–Crippen MR) is 59.2 cm³/mol. The van der Waals surface area contributed by atoms with Crippen molar-refractivity contribution in [2.24, 2.45) is 0 Å². The lowest BCUT2D eigenvalue weighted by Gasteiger charge is -1.99. The molecule has 0 spiro atoms. The van der Waals surface area contributed by atoms with Gasteiger partial charge >= 0.3 is 5.97 Å². The van der Waals surface area contributed by atoms with Crippen molar-refractivity contribution in [2.45, 2.75) is 12.8 Å². The van der Waals surface area contributed by atoms with E-state index in [0.29, 0.717) is 11.1 Å². The van der Waals surface area contributed by atoms with E-state index in [2.05, 4.69) is 16.6 Å². The molecule has 0 heterocycles. The largest absolute Gasteiger partial charge is 0.468 e. The zero-order chi connectivity index (χ0) is 12.7. The third kappa shape index (κ3) is 3.96. The normalized spacial score (nSPS) is 8.76. The van der Waals surface area contributed by atoms with Crippen LogP contribution in [-0.2, 0) is 16.0 Å². The Kier molecular flexibility index (Phi) is 4.72. The zero-order valence-corrected chi connectivity index (χ0v) is 9.29. The van der Waals surface area contributed by atoms with Crippen LogP contribution in [0.4, 0.5) is 4.39 Å². The van der Waals surface area contributed by atoms with Gasteiger partial charge in [0, 0.05) is 5.56 Å². The molecule has 0 N–H and O–H groups in total. The van der Waals surface area contributed by atoms with Gasteiger partial charge in [-0.2, -0.15) is 5.26 Å². The Morgan fingerprint density at radius 1 is 1.53 bits per heavy atom. The maximum atomic E-state index is 13.0. The molecule has 1 aromatic rings. The van der Waals surface area contributed by atoms with Crippen LogP contribution in [0, 0.1) is 29.0 Å². The summed E-state index contributed by atoms with van der Waals surface area (Å²) >= 11 is 0. The minimum absolute atomic E-state index is 0.0565. The van der Waals surface area contributed by atoms with Crippen molar-refractivity contribution in [1.29, 1.82) is 5.26 Å². The van der Waals surface area contributed by atoms with Gasteiger partial charge in [0.1, 0.15) is 12.2 Å². The molecule has 0 unspecified atom stereocenters. The topological polar surface area (TPSA) is 50.1 Å². The van der Waals surface area contributed by atoms with Crippen LogP contribution < -0.4 is 0 Å². The van der Waals surface area contributed by atoms with E-state index in [1.54, 1.807) is 0 Å². The number of ether oxygens (including phenoxy) is 1. The molecular weight excluding hydrogens is 221 g/mol. The summed E-state index contributed by atoms with van der Waals surface area (Å²) < 4.78 is 17.4. The molecule has 0 aromatic heterocycles. The van der Waals surface area contributed by atoms with Gasteiger partial charge in [0.15, 0.2) is 0 Å². The number of halogens is 1. The number of nitrogens with zero attached hydrogens (tertiary/aromatic N) is 1. The molecule has 0 amide bonds. The highest BCUT2D eigenvalue weighted by molar-refractivity contribution is 5.72. The van der Waals surface area contributed by atoms with Crippen molar-refractivity contribution in [3.05, 3.63) is 35.1 Å². The van der Waals surface area contributed by atoms with Crippen LogP contribution >= 0.6 is 0 Å². The number of hydrogen-bond donors (Lipinski definition) is 0. The highest BCUT2D eigenvalue weighted by Gasteiger charge is 2.01. The Morgan fingerprint density at radius 3 is 2.94 bits per heavy atom. The fourth-order valence-electron chi connectivity index (χ4n) is 1.19. The average Bonchev–Trinajstić information content (AvgIpc) is 2.32. The van der Waals surface area contributed by atoms with Crippen LogP contribution in [0.3, 0.4) is 0 Å². The lowest BCUT2D eigenvalue weighted by atomic mass is 10.1. The molecule has 1 aromatic carbocycles. The molecule has 0 saturated heterocycles. The van der Waals surface area contributed by atoms with E-state index in [9.17, 15) is 9.18 Å². The van der Waals surface area contributed by atoms with E-state index in [0.717, 1.165) is 0 Å². The molecule has 0 aliphatic rings. The van der Waals surface area contributed by atoms with Crippen molar-refractivity contribution in [1.82, 2.24) is 0 Å². The molecular formula is C13H10FNO2. The predicted octanol–water partition coefficient (Wildman–Crippen LogP) is 1.81. The van der Waals surface area contributed by atoms with Gasteiger partial charge < -0.3 is 4.74 Å². The summed E-state index contributed by atoms with van der Waals surface area (Å²) in [6.07, 6.45) is 0.0987. The van der Waals surface area contributed by atoms with Crippen LogP contribution in [0.2, 0.25) is 0 Å². The van der Waals surface area contributed by atoms with Crippen LogP contribution in [0.1, 0.15) is 17.5 Å². The van der Waals surface area contributed by atoms with Crippen molar-refractivity contribution in [3.63, 3.8) is 0 Å². The number of benzene rings is 1. The highest BCUT2D eigenvalue weighted by atomic mass is 19.1. The molecule has 0 radical (unpaired) electrons. The number of nitriles is 1. The summed E-state index contributed by atoms with van der Waals surface area (Å²) in [5.74, 6) is 4.37. The van der Waals surface area contributed by atoms with E-state index < -0.39 is 11.8 Å². The standard InChI is InChI=1S/C13H10FNO2/c1-17-13(16)4-2-3-11-9-12(14)6-5-10(11)7-8-15/h5-6,9H,4,7H2,1H3. The summed E-state index contributed by atoms with van der Waals surface area (Å²) in [5, 5.41) is 8.60. The van der Waals surface area contributed by atoms with Gasteiger partial charge in [0.05, 0.1) is 19.6 Å². The summed E-state index contributed by atoms with van der Waals surface area (Å²) in [6.45, 7) is 0. The van der Waals surface area contributed by atoms with Gasteiger partial charge in [-0.15, -0.1) is 0 Å². The van der Waals surface area contributed by atoms with Gasteiger partial charge in [-0.25, -0.2) is 4.39 Å². The second kappa shape index (κ2) is 6.30. The van der Waals surface area contributed by atoms with Gasteiger partial charge in [-0.05, 0) is 17.7 Å². The Balaban J connectivity index is 2.92. The number of carbonyl (C=O) groups excluding carboxylic acids is 1. The van der Waals surface area contributed by atoms with E-state index in [1.807, 2.05) is 6.07 Å². The second-order valence-corrected chi connectivity index (χ2v) is 3.19. The van der Waals surface area contributed by atoms with Crippen molar-refractivity contribution >= 4 is 5.97 Å². The van der Waals surface area contributed by atoms with Gasteiger partial charge in [-0.1, -0.05) is 17.9 Å². The summed E-state index contributed by atoms with van der Waals surface area (Å²) in [7, 11) is 1.27. The number of rotatable bonds is 2. The molecule has 0 bridgehead atoms. The molecule has 0 aliphatic heterocycles. The number of methoxy groups -OCH3 is 1. The van der Waals surface area contributed by atoms with Gasteiger partial charge in [0.2, 0.25) is 0 Å². The smallest absolute Gasteiger partial charge is 0.317 e. The van der Waals surface area contributed by atoms with Crippen LogP contribution in [0.15, 0.2) is 18.2 Å². The Morgan fingerprint density at radius 2 is 2.29 bits per heavy atom. The van der Waals surface area contributed by atoms with Gasteiger partial charge in [0.25, 0.3) is 0 Å². The molecule has 0 fully saturated rings. The average molecular weight is 231 g/mol. The molecule has 0 saturated carbocycles. The third-order valence-electron chi connectivity index (χ3n) is 2.02. The Labute approximate surface area is 98.8 Å². The van der Waals surface area contributed by atoms with Gasteiger partial charge in [-0.3, -0.25) is 4.79 Å². The van der Waals surface area contributed by atoms with Crippen LogP contribution in [0.25, 0.3) is 0 Å². The first-order valence-corrected chi connectivity index (χ1v) is 4.88. The van der Waals surface area contributed by atoms with Crippen LogP contribution in [-0.4, -0.2) is 13.1 Å². The molecule has 17 heavy (non-hydrogen) atoms. The number of hydrogen-bond acceptors (Lipinski definition) is 3. The van der Waals surface area contributed by atoms with Crippen LogP contribution in [0.5, 0.6) is 0 Å². The highest BCUT2D eigenvalue weighted by Crippen LogP contribution is 2.10. The molecule has 86 valence electrons. The molecule has 0 atom stereocenters. The van der Waals surface area contributed by atoms with E-state index in [4.69, 9.17) is 5.26 Å². The maximum absolute atomic E-state index is 13.0. The first kappa shape index (κ1) is 12.7. The molecule has 3 nitrogen and oxygen atoms in total. The zero-order valence-electron chi connectivity index (χ0n) is 9.29. The first-order chi connectivity index (χ1) is 8.17. The first-order valence-electron chi connectivity index (χ1n) is 4.88. The fourth-order valence-corrected chi connectivity index (χ4v) is 1.19. The number of carbonyl (C=O) groups is 1. The lowest BCUT2D eigenvalue weighted by molar-refractivity contribution is -0.139. The minimum atomic E-state index is -0.448. The summed E-state index contributed by atoms with van der Waals surface area (Å²) in [5.41, 5.74) is 1.07. The SMILES string of the molecule is COC(=O)CC#Cc1cc(F)ccc1CC#N. The second-order valence-electron chi connectivity index (χ2n) is 3.19. The van der Waals surface area contributed by atoms with Crippen molar-refractivity contribution in [3.8, 4) is 17.9 Å². The Bertz CT molecular complexity index is 520. The maximum Gasteiger partial charge on any atom is 0.317 e. The summed E-state index contributed by atoms with van der Waals surface area (Å²) in [6, 6.07) is 6.01. The van der Waals surface area contributed by atoms with Crippen molar-refractivity contribution in [2.75, 3.05) is 7.11 Å². The fraction of sp³-hybridized carbons (Fsp3) is 0.231. The summed E-state index contributed by atoms with van der Waals surface area (Å²) in [4.78, 5) is 10.8. The van der Waals surface area contributed by atoms with E-state index in [1.165, 1.54) is 25.3 Å². The quantitative estimate of drug-likeness (QED) is 0.576. The van der Waals surface area contributed by atoms with E-state index >= 15 is 0 Å². The molecule has 4 heteroatoms. The third-order valence-corrected chi connectivity index (χ3v) is 2.02. The van der Waals surface area contributed by atoms with E-state index in [-0.39, 0.29) is 12.8 Å². The Hall–Kier alpha value is -2.33. The molecule has 1 rings (SSSR count).